The number of ether oxygens (including phenoxy) is 1. The minimum absolute atomic E-state index is 0.131. The highest BCUT2D eigenvalue weighted by Gasteiger charge is 2.31. The van der Waals surface area contributed by atoms with Gasteiger partial charge in [0, 0.05) is 38.1 Å². The third-order valence-electron chi connectivity index (χ3n) is 2.92. The first kappa shape index (κ1) is 15.2. The minimum atomic E-state index is -4.72. The average Bonchev–Trinajstić information content (AvgIpc) is 2.70. The van der Waals surface area contributed by atoms with Gasteiger partial charge in [0.15, 0.2) is 0 Å². The van der Waals surface area contributed by atoms with Gasteiger partial charge >= 0.3 is 6.36 Å². The van der Waals surface area contributed by atoms with Crippen molar-refractivity contribution in [2.45, 2.75) is 12.8 Å². The maximum Gasteiger partial charge on any atom is 0.573 e. The lowest BCUT2D eigenvalue weighted by Crippen LogP contribution is -2.24. The number of benzene rings is 1. The number of hydrogen-bond acceptors (Lipinski definition) is 3. The van der Waals surface area contributed by atoms with Gasteiger partial charge in [0.25, 0.3) is 5.91 Å². The van der Waals surface area contributed by atoms with Gasteiger partial charge < -0.3 is 14.5 Å². The lowest BCUT2D eigenvalue weighted by Gasteiger charge is -2.16. The molecule has 1 aromatic rings. The van der Waals surface area contributed by atoms with Gasteiger partial charge in [-0.3, -0.25) is 4.79 Å². The fourth-order valence-corrected chi connectivity index (χ4v) is 2.12. The third kappa shape index (κ3) is 3.90. The molecule has 0 N–H and O–H groups in total. The van der Waals surface area contributed by atoms with Crippen LogP contribution in [0.15, 0.2) is 36.0 Å². The van der Waals surface area contributed by atoms with Crippen LogP contribution < -0.4 is 9.64 Å². The smallest absolute Gasteiger partial charge is 0.406 e. The van der Waals surface area contributed by atoms with E-state index in [0.717, 1.165) is 0 Å². The van der Waals surface area contributed by atoms with Crippen molar-refractivity contribution in [3.63, 3.8) is 0 Å². The zero-order valence-electron chi connectivity index (χ0n) is 11.6. The number of carbonyl (C=O) groups is 1. The van der Waals surface area contributed by atoms with Crippen LogP contribution in [0.3, 0.4) is 0 Å². The molecule has 4 nitrogen and oxygen atoms in total. The summed E-state index contributed by atoms with van der Waals surface area (Å²) in [6.07, 6.45) is -2.35. The molecule has 0 bridgehead atoms. The molecule has 0 atom stereocenters. The largest absolute Gasteiger partial charge is 0.573 e. The first-order valence-electron chi connectivity index (χ1n) is 6.31. The number of anilines is 1. The molecule has 0 unspecified atom stereocenters. The summed E-state index contributed by atoms with van der Waals surface area (Å²) < 4.78 is 40.0. The first-order chi connectivity index (χ1) is 9.76. The van der Waals surface area contributed by atoms with Crippen LogP contribution in [-0.2, 0) is 4.79 Å². The molecule has 2 rings (SSSR count). The number of rotatable bonds is 3. The normalized spacial score (nSPS) is 17.5. The second-order valence-corrected chi connectivity index (χ2v) is 4.87. The molecule has 7 heteroatoms. The standard InChI is InChI=1S/C14H15F3N2O2/c1-18(2)9-10-7-8-19(13(10)20)11-3-5-12(6-4-11)21-14(15,16)17/h3-6,9H,7-8H2,1-2H3/b10-9-. The lowest BCUT2D eigenvalue weighted by atomic mass is 10.2. The van der Waals surface area contributed by atoms with Crippen LogP contribution in [0.2, 0.25) is 0 Å². The zero-order chi connectivity index (χ0) is 15.6. The Morgan fingerprint density at radius 1 is 1.24 bits per heavy atom. The first-order valence-corrected chi connectivity index (χ1v) is 6.31. The van der Waals surface area contributed by atoms with Crippen molar-refractivity contribution >= 4 is 11.6 Å². The van der Waals surface area contributed by atoms with Crippen LogP contribution in [0.4, 0.5) is 18.9 Å². The number of carbonyl (C=O) groups excluding carboxylic acids is 1. The SMILES string of the molecule is CN(C)/C=C1/CCN(c2ccc(OC(F)(F)F)cc2)C1=O. The molecular weight excluding hydrogens is 285 g/mol. The number of nitrogens with zero attached hydrogens (tertiary/aromatic N) is 2. The highest BCUT2D eigenvalue weighted by Crippen LogP contribution is 2.28. The van der Waals surface area contributed by atoms with E-state index in [0.29, 0.717) is 24.2 Å². The van der Waals surface area contributed by atoms with Gasteiger partial charge in [0.1, 0.15) is 5.75 Å². The maximum absolute atomic E-state index is 12.2. The number of amides is 1. The van der Waals surface area contributed by atoms with Crippen LogP contribution >= 0.6 is 0 Å². The molecule has 0 radical (unpaired) electrons. The van der Waals surface area contributed by atoms with E-state index in [1.54, 1.807) is 11.1 Å². The van der Waals surface area contributed by atoms with Crippen LogP contribution in [0.25, 0.3) is 0 Å². The molecular formula is C14H15F3N2O2. The number of halogens is 3. The van der Waals surface area contributed by atoms with E-state index in [9.17, 15) is 18.0 Å². The predicted octanol–water partition coefficient (Wildman–Crippen LogP) is 2.77. The third-order valence-corrected chi connectivity index (χ3v) is 2.92. The summed E-state index contributed by atoms with van der Waals surface area (Å²) in [4.78, 5) is 15.5. The van der Waals surface area contributed by atoms with E-state index in [4.69, 9.17) is 0 Å². The van der Waals surface area contributed by atoms with Crippen molar-refractivity contribution in [1.82, 2.24) is 4.90 Å². The van der Waals surface area contributed by atoms with Crippen LogP contribution in [0, 0.1) is 0 Å². The summed E-state index contributed by atoms with van der Waals surface area (Å²) >= 11 is 0. The van der Waals surface area contributed by atoms with Gasteiger partial charge in [0.05, 0.1) is 0 Å². The molecule has 1 amide bonds. The quantitative estimate of drug-likeness (QED) is 0.805. The Kier molecular flexibility index (Phi) is 4.11. The number of hydrogen-bond donors (Lipinski definition) is 0. The van der Waals surface area contributed by atoms with Crippen molar-refractivity contribution in [2.24, 2.45) is 0 Å². The van der Waals surface area contributed by atoms with Crippen LogP contribution in [0.5, 0.6) is 5.75 Å². The van der Waals surface area contributed by atoms with E-state index >= 15 is 0 Å². The fraction of sp³-hybridized carbons (Fsp3) is 0.357. The van der Waals surface area contributed by atoms with E-state index in [1.807, 2.05) is 14.1 Å². The molecule has 114 valence electrons. The van der Waals surface area contributed by atoms with Gasteiger partial charge in [-0.25, -0.2) is 0 Å². The molecule has 1 aromatic carbocycles. The Morgan fingerprint density at radius 3 is 2.38 bits per heavy atom. The van der Waals surface area contributed by atoms with Gasteiger partial charge in [-0.2, -0.15) is 0 Å². The molecule has 1 fully saturated rings. The van der Waals surface area contributed by atoms with Gasteiger partial charge in [-0.05, 0) is 30.7 Å². The fourth-order valence-electron chi connectivity index (χ4n) is 2.12. The molecule has 1 aliphatic heterocycles. The Labute approximate surface area is 120 Å². The lowest BCUT2D eigenvalue weighted by molar-refractivity contribution is -0.274. The minimum Gasteiger partial charge on any atom is -0.406 e. The Hall–Kier alpha value is -2.18. The summed E-state index contributed by atoms with van der Waals surface area (Å²) in [6.45, 7) is 0.512. The summed E-state index contributed by atoms with van der Waals surface area (Å²) in [5.74, 6) is -0.435. The van der Waals surface area contributed by atoms with Gasteiger partial charge in [0.2, 0.25) is 0 Å². The number of alkyl halides is 3. The topological polar surface area (TPSA) is 32.8 Å². The Bertz CT molecular complexity index is 550. The van der Waals surface area contributed by atoms with Crippen LogP contribution in [0.1, 0.15) is 6.42 Å². The van der Waals surface area contributed by atoms with E-state index < -0.39 is 6.36 Å². The second-order valence-electron chi connectivity index (χ2n) is 4.87. The van der Waals surface area contributed by atoms with Crippen molar-refractivity contribution in [3.05, 3.63) is 36.0 Å². The summed E-state index contributed by atoms with van der Waals surface area (Å²) in [6, 6.07) is 5.28. The predicted molar refractivity (Wildman–Crippen MR) is 71.9 cm³/mol. The molecule has 1 aliphatic rings. The average molecular weight is 300 g/mol. The van der Waals surface area contributed by atoms with E-state index in [-0.39, 0.29) is 11.7 Å². The van der Waals surface area contributed by atoms with Gasteiger partial charge in [-0.15, -0.1) is 13.2 Å². The molecule has 0 aromatic heterocycles. The summed E-state index contributed by atoms with van der Waals surface area (Å²) in [7, 11) is 3.65. The van der Waals surface area contributed by atoms with Crippen molar-refractivity contribution in [3.8, 4) is 5.75 Å². The van der Waals surface area contributed by atoms with Crippen molar-refractivity contribution in [1.29, 1.82) is 0 Å². The molecule has 0 aliphatic carbocycles. The van der Waals surface area contributed by atoms with Crippen molar-refractivity contribution in [2.75, 3.05) is 25.5 Å². The molecule has 1 saturated heterocycles. The van der Waals surface area contributed by atoms with Gasteiger partial charge in [-0.1, -0.05) is 0 Å². The highest BCUT2D eigenvalue weighted by atomic mass is 19.4. The molecule has 1 heterocycles. The molecule has 0 saturated carbocycles. The van der Waals surface area contributed by atoms with E-state index in [1.165, 1.54) is 29.2 Å². The molecule has 21 heavy (non-hydrogen) atoms. The zero-order valence-corrected chi connectivity index (χ0v) is 11.6. The van der Waals surface area contributed by atoms with E-state index in [2.05, 4.69) is 4.74 Å². The highest BCUT2D eigenvalue weighted by molar-refractivity contribution is 6.08. The molecule has 0 spiro atoms. The second kappa shape index (κ2) is 5.67. The summed E-state index contributed by atoms with van der Waals surface area (Å²) in [5.41, 5.74) is 1.23. The van der Waals surface area contributed by atoms with Crippen molar-refractivity contribution < 1.29 is 22.7 Å². The Balaban J connectivity index is 2.12. The maximum atomic E-state index is 12.2. The van der Waals surface area contributed by atoms with Crippen LogP contribution in [-0.4, -0.2) is 37.8 Å². The summed E-state index contributed by atoms with van der Waals surface area (Å²) in [5, 5.41) is 0. The Morgan fingerprint density at radius 2 is 1.86 bits per heavy atom. The monoisotopic (exact) mass is 300 g/mol.